The quantitative estimate of drug-likeness (QED) is 0.865. The Labute approximate surface area is 144 Å². The van der Waals surface area contributed by atoms with Crippen LogP contribution in [0.4, 0.5) is 0 Å². The zero-order valence-corrected chi connectivity index (χ0v) is 15.1. The summed E-state index contributed by atoms with van der Waals surface area (Å²) in [5.41, 5.74) is 0.512. The van der Waals surface area contributed by atoms with Gasteiger partial charge in [0.1, 0.15) is 6.54 Å². The Morgan fingerprint density at radius 1 is 1.33 bits per heavy atom. The molecule has 0 aromatic carbocycles. The molecule has 3 rings (SSSR count). The molecule has 2 N–H and O–H groups in total. The number of aromatic nitrogens is 3. The van der Waals surface area contributed by atoms with Crippen molar-refractivity contribution in [2.75, 3.05) is 6.54 Å². The second-order valence-corrected chi connectivity index (χ2v) is 8.76. The number of carbonyl (C=O) groups is 1. The van der Waals surface area contributed by atoms with Crippen molar-refractivity contribution in [2.24, 2.45) is 11.3 Å². The monoisotopic (exact) mass is 334 g/mol. The van der Waals surface area contributed by atoms with Gasteiger partial charge in [0, 0.05) is 18.7 Å². The van der Waals surface area contributed by atoms with Gasteiger partial charge < -0.3 is 10.4 Å². The lowest BCUT2D eigenvalue weighted by molar-refractivity contribution is -0.123. The van der Waals surface area contributed by atoms with E-state index in [1.807, 2.05) is 6.20 Å². The maximum absolute atomic E-state index is 12.1. The summed E-state index contributed by atoms with van der Waals surface area (Å²) in [4.78, 5) is 12.1. The van der Waals surface area contributed by atoms with E-state index in [0.717, 1.165) is 31.4 Å². The van der Waals surface area contributed by atoms with Gasteiger partial charge in [0.15, 0.2) is 0 Å². The molecule has 134 valence electrons. The van der Waals surface area contributed by atoms with Crippen LogP contribution in [0, 0.1) is 11.3 Å². The van der Waals surface area contributed by atoms with E-state index >= 15 is 0 Å². The predicted molar refractivity (Wildman–Crippen MR) is 91.4 cm³/mol. The van der Waals surface area contributed by atoms with Crippen molar-refractivity contribution >= 4 is 5.91 Å². The van der Waals surface area contributed by atoms with E-state index in [1.165, 1.54) is 12.8 Å². The molecule has 6 heteroatoms. The highest BCUT2D eigenvalue weighted by molar-refractivity contribution is 5.75. The number of nitrogens with one attached hydrogen (secondary N) is 1. The van der Waals surface area contributed by atoms with Gasteiger partial charge in [-0.2, -0.15) is 0 Å². The highest BCUT2D eigenvalue weighted by atomic mass is 16.3. The zero-order valence-electron chi connectivity index (χ0n) is 15.1. The van der Waals surface area contributed by atoms with Crippen LogP contribution in [0.15, 0.2) is 6.20 Å². The van der Waals surface area contributed by atoms with Crippen molar-refractivity contribution in [2.45, 2.75) is 77.4 Å². The Kier molecular flexibility index (Phi) is 4.69. The topological polar surface area (TPSA) is 80.0 Å². The zero-order chi connectivity index (χ0) is 17.4. The van der Waals surface area contributed by atoms with Gasteiger partial charge in [0.25, 0.3) is 0 Å². The highest BCUT2D eigenvalue weighted by Crippen LogP contribution is 2.41. The van der Waals surface area contributed by atoms with Crippen LogP contribution in [0.3, 0.4) is 0 Å². The van der Waals surface area contributed by atoms with Gasteiger partial charge >= 0.3 is 0 Å². The van der Waals surface area contributed by atoms with Crippen molar-refractivity contribution in [1.82, 2.24) is 20.3 Å². The minimum Gasteiger partial charge on any atom is -0.388 e. The first-order valence-corrected chi connectivity index (χ1v) is 9.14. The Morgan fingerprint density at radius 2 is 2.00 bits per heavy atom. The standard InChI is InChI=1S/C18H30N4O2/c1-17(2,3)14-6-8-18(24,9-7-14)12-19-16(23)11-22-10-15(20-21-22)13-4-5-13/h10,13-14,24H,4-9,11-12H2,1-3H3,(H,19,23). The Bertz CT molecular complexity index is 578. The molecule has 1 aromatic rings. The SMILES string of the molecule is CC(C)(C)C1CCC(O)(CNC(=O)Cn2cc(C3CC3)nn2)CC1. The normalized spacial score (nSPS) is 27.9. The first kappa shape index (κ1) is 17.4. The van der Waals surface area contributed by atoms with Gasteiger partial charge in [0.05, 0.1) is 11.3 Å². The fraction of sp³-hybridized carbons (Fsp3) is 0.833. The van der Waals surface area contributed by atoms with Crippen LogP contribution < -0.4 is 5.32 Å². The van der Waals surface area contributed by atoms with E-state index in [9.17, 15) is 9.90 Å². The average molecular weight is 334 g/mol. The molecule has 0 atom stereocenters. The molecular formula is C18H30N4O2. The Morgan fingerprint density at radius 3 is 2.58 bits per heavy atom. The molecule has 2 aliphatic carbocycles. The molecule has 0 radical (unpaired) electrons. The third kappa shape index (κ3) is 4.35. The van der Waals surface area contributed by atoms with Gasteiger partial charge in [-0.25, -0.2) is 4.68 Å². The van der Waals surface area contributed by atoms with Crippen molar-refractivity contribution in [3.63, 3.8) is 0 Å². The molecule has 0 aliphatic heterocycles. The average Bonchev–Trinajstić information content (AvgIpc) is 3.25. The number of amides is 1. The number of rotatable bonds is 5. The lowest BCUT2D eigenvalue weighted by Gasteiger charge is -2.41. The van der Waals surface area contributed by atoms with Crippen molar-refractivity contribution < 1.29 is 9.90 Å². The number of hydrogen-bond donors (Lipinski definition) is 2. The minimum atomic E-state index is -0.765. The van der Waals surface area contributed by atoms with Crippen LogP contribution in [0.2, 0.25) is 0 Å². The maximum Gasteiger partial charge on any atom is 0.241 e. The number of nitrogens with zero attached hydrogens (tertiary/aromatic N) is 3. The van der Waals surface area contributed by atoms with Gasteiger partial charge in [-0.05, 0) is 49.9 Å². The molecule has 2 fully saturated rings. The van der Waals surface area contributed by atoms with Crippen LogP contribution in [0.25, 0.3) is 0 Å². The molecule has 24 heavy (non-hydrogen) atoms. The van der Waals surface area contributed by atoms with E-state index in [2.05, 4.69) is 36.4 Å². The summed E-state index contributed by atoms with van der Waals surface area (Å²) in [5.74, 6) is 1.07. The van der Waals surface area contributed by atoms with Gasteiger partial charge in [0.2, 0.25) is 5.91 Å². The van der Waals surface area contributed by atoms with Crippen molar-refractivity contribution in [3.8, 4) is 0 Å². The Balaban J connectivity index is 1.43. The number of aliphatic hydroxyl groups is 1. The first-order chi connectivity index (χ1) is 11.3. The number of carbonyl (C=O) groups excluding carboxylic acids is 1. The summed E-state index contributed by atoms with van der Waals surface area (Å²) >= 11 is 0. The number of hydrogen-bond acceptors (Lipinski definition) is 4. The molecule has 6 nitrogen and oxygen atoms in total. The summed E-state index contributed by atoms with van der Waals surface area (Å²) in [6, 6.07) is 0. The van der Waals surface area contributed by atoms with Crippen LogP contribution in [-0.2, 0) is 11.3 Å². The lowest BCUT2D eigenvalue weighted by atomic mass is 9.68. The second kappa shape index (κ2) is 6.47. The minimum absolute atomic E-state index is 0.117. The summed E-state index contributed by atoms with van der Waals surface area (Å²) in [6.45, 7) is 7.28. The second-order valence-electron chi connectivity index (χ2n) is 8.76. The van der Waals surface area contributed by atoms with Gasteiger partial charge in [-0.1, -0.05) is 26.0 Å². The van der Waals surface area contributed by atoms with E-state index < -0.39 is 5.60 Å². The summed E-state index contributed by atoms with van der Waals surface area (Å²) < 4.78 is 1.59. The molecule has 1 heterocycles. The molecule has 2 aliphatic rings. The van der Waals surface area contributed by atoms with Crippen LogP contribution >= 0.6 is 0 Å². The lowest BCUT2D eigenvalue weighted by Crippen LogP contribution is -2.47. The van der Waals surface area contributed by atoms with Gasteiger partial charge in [-0.15, -0.1) is 5.10 Å². The first-order valence-electron chi connectivity index (χ1n) is 9.14. The fourth-order valence-corrected chi connectivity index (χ4v) is 3.62. The van der Waals surface area contributed by atoms with Crippen LogP contribution in [0.5, 0.6) is 0 Å². The molecule has 0 spiro atoms. The largest absolute Gasteiger partial charge is 0.388 e. The molecule has 0 saturated heterocycles. The summed E-state index contributed by atoms with van der Waals surface area (Å²) in [5, 5.41) is 21.7. The molecule has 0 unspecified atom stereocenters. The van der Waals surface area contributed by atoms with E-state index in [-0.39, 0.29) is 17.9 Å². The van der Waals surface area contributed by atoms with E-state index in [0.29, 0.717) is 18.4 Å². The summed E-state index contributed by atoms with van der Waals surface area (Å²) in [7, 11) is 0. The third-order valence-electron chi connectivity index (χ3n) is 5.61. The smallest absolute Gasteiger partial charge is 0.241 e. The highest BCUT2D eigenvalue weighted by Gasteiger charge is 2.37. The molecular weight excluding hydrogens is 304 g/mol. The van der Waals surface area contributed by atoms with Crippen LogP contribution in [0.1, 0.15) is 70.9 Å². The van der Waals surface area contributed by atoms with Crippen LogP contribution in [-0.4, -0.2) is 38.2 Å². The molecule has 2 saturated carbocycles. The van der Waals surface area contributed by atoms with Gasteiger partial charge in [-0.3, -0.25) is 4.79 Å². The fourth-order valence-electron chi connectivity index (χ4n) is 3.62. The maximum atomic E-state index is 12.1. The molecule has 1 amide bonds. The van der Waals surface area contributed by atoms with E-state index in [1.54, 1.807) is 4.68 Å². The molecule has 1 aromatic heterocycles. The third-order valence-corrected chi connectivity index (χ3v) is 5.61. The van der Waals surface area contributed by atoms with Crippen molar-refractivity contribution in [3.05, 3.63) is 11.9 Å². The Hall–Kier alpha value is -1.43. The predicted octanol–water partition coefficient (Wildman–Crippen LogP) is 2.24. The van der Waals surface area contributed by atoms with E-state index in [4.69, 9.17) is 0 Å². The summed E-state index contributed by atoms with van der Waals surface area (Å²) in [6.07, 6.45) is 7.75. The van der Waals surface area contributed by atoms with Crippen molar-refractivity contribution in [1.29, 1.82) is 0 Å². The molecule has 0 bridgehead atoms.